The van der Waals surface area contributed by atoms with Crippen LogP contribution in [0.4, 0.5) is 5.69 Å². The number of thiazole rings is 1. The van der Waals surface area contributed by atoms with Gasteiger partial charge in [-0.1, -0.05) is 12.1 Å². The maximum atomic E-state index is 6.77. The van der Waals surface area contributed by atoms with Crippen LogP contribution in [0.3, 0.4) is 0 Å². The molecule has 2 aromatic rings. The lowest BCUT2D eigenvalue weighted by atomic mass is 9.90. The van der Waals surface area contributed by atoms with Crippen LogP contribution in [0.25, 0.3) is 0 Å². The first-order valence-electron chi connectivity index (χ1n) is 8.80. The molecule has 1 aliphatic rings. The topological polar surface area (TPSA) is 54.6 Å². The van der Waals surface area contributed by atoms with Crippen molar-refractivity contribution >= 4 is 17.0 Å². The van der Waals surface area contributed by atoms with Crippen LogP contribution in [0.2, 0.25) is 0 Å². The van der Waals surface area contributed by atoms with Gasteiger partial charge >= 0.3 is 0 Å². The molecule has 2 heterocycles. The molecule has 5 nitrogen and oxygen atoms in total. The van der Waals surface area contributed by atoms with Crippen molar-refractivity contribution < 1.29 is 4.74 Å². The number of hydrogen-bond acceptors (Lipinski definition) is 6. The smallest absolute Gasteiger partial charge is 0.119 e. The fourth-order valence-corrected chi connectivity index (χ4v) is 4.01. The Morgan fingerprint density at radius 2 is 2.24 bits per heavy atom. The Hall–Kier alpha value is -1.47. The van der Waals surface area contributed by atoms with Gasteiger partial charge in [-0.05, 0) is 31.0 Å². The van der Waals surface area contributed by atoms with Crippen molar-refractivity contribution in [3.63, 3.8) is 0 Å². The van der Waals surface area contributed by atoms with E-state index in [-0.39, 0.29) is 5.54 Å². The van der Waals surface area contributed by atoms with Crippen LogP contribution < -0.4 is 10.6 Å². The average molecular weight is 361 g/mol. The zero-order valence-corrected chi connectivity index (χ0v) is 16.2. The van der Waals surface area contributed by atoms with E-state index < -0.39 is 0 Å². The first-order chi connectivity index (χ1) is 12.0. The highest BCUT2D eigenvalue weighted by atomic mass is 32.1. The van der Waals surface area contributed by atoms with Crippen LogP contribution in [0.1, 0.15) is 29.6 Å². The van der Waals surface area contributed by atoms with Crippen molar-refractivity contribution in [2.24, 2.45) is 5.73 Å². The normalized spacial score (nSPS) is 21.0. The summed E-state index contributed by atoms with van der Waals surface area (Å²) in [6.45, 7) is 6.06. The molecule has 1 unspecified atom stereocenters. The van der Waals surface area contributed by atoms with E-state index in [0.29, 0.717) is 6.61 Å². The first-order valence-corrected chi connectivity index (χ1v) is 9.68. The van der Waals surface area contributed by atoms with Crippen molar-refractivity contribution in [3.8, 4) is 0 Å². The standard InChI is InChI=1S/C19H28N4OS/c1-4-24-12-18-21-16(13-25-18)11-23-9-8-19(20,14-23)15-6-5-7-17(10-15)22(2)3/h5-7,10,13H,4,8-9,11-12,14,20H2,1-3H3. The Balaban J connectivity index is 1.64. The summed E-state index contributed by atoms with van der Waals surface area (Å²) < 4.78 is 5.43. The van der Waals surface area contributed by atoms with Crippen molar-refractivity contribution in [1.82, 2.24) is 9.88 Å². The van der Waals surface area contributed by atoms with Crippen LogP contribution in [0.5, 0.6) is 0 Å². The maximum absolute atomic E-state index is 6.77. The summed E-state index contributed by atoms with van der Waals surface area (Å²) in [7, 11) is 4.12. The summed E-state index contributed by atoms with van der Waals surface area (Å²) >= 11 is 1.67. The fraction of sp³-hybridized carbons (Fsp3) is 0.526. The average Bonchev–Trinajstić information content (AvgIpc) is 3.21. The van der Waals surface area contributed by atoms with E-state index in [9.17, 15) is 0 Å². The minimum atomic E-state index is -0.282. The van der Waals surface area contributed by atoms with E-state index in [2.05, 4.69) is 58.5 Å². The Morgan fingerprint density at radius 1 is 1.40 bits per heavy atom. The number of anilines is 1. The molecule has 25 heavy (non-hydrogen) atoms. The van der Waals surface area contributed by atoms with Gasteiger partial charge in [-0.15, -0.1) is 11.3 Å². The number of hydrogen-bond donors (Lipinski definition) is 1. The lowest BCUT2D eigenvalue weighted by Crippen LogP contribution is -2.39. The van der Waals surface area contributed by atoms with Gasteiger partial charge in [-0.3, -0.25) is 4.90 Å². The van der Waals surface area contributed by atoms with Crippen molar-refractivity contribution in [3.05, 3.63) is 45.9 Å². The van der Waals surface area contributed by atoms with Gasteiger partial charge < -0.3 is 15.4 Å². The van der Waals surface area contributed by atoms with Gasteiger partial charge in [0.05, 0.1) is 17.8 Å². The number of likely N-dealkylation sites (tertiary alicyclic amines) is 1. The minimum absolute atomic E-state index is 0.282. The SMILES string of the molecule is CCOCc1nc(CN2CCC(N)(c3cccc(N(C)C)c3)C2)cs1. The lowest BCUT2D eigenvalue weighted by molar-refractivity contribution is 0.133. The zero-order valence-electron chi connectivity index (χ0n) is 15.4. The second-order valence-corrected chi connectivity index (χ2v) is 7.87. The Morgan fingerprint density at radius 3 is 3.00 bits per heavy atom. The van der Waals surface area contributed by atoms with Crippen LogP contribution >= 0.6 is 11.3 Å². The summed E-state index contributed by atoms with van der Waals surface area (Å²) in [5, 5.41) is 3.19. The van der Waals surface area contributed by atoms with E-state index >= 15 is 0 Å². The van der Waals surface area contributed by atoms with Crippen LogP contribution in [-0.2, 0) is 23.4 Å². The summed E-state index contributed by atoms with van der Waals surface area (Å²) in [6, 6.07) is 8.59. The van der Waals surface area contributed by atoms with Crippen molar-refractivity contribution in [2.45, 2.75) is 32.0 Å². The molecular formula is C19H28N4OS. The van der Waals surface area contributed by atoms with Gasteiger partial charge in [0.2, 0.25) is 0 Å². The number of rotatable bonds is 7. The number of nitrogens with two attached hydrogens (primary N) is 1. The maximum Gasteiger partial charge on any atom is 0.119 e. The number of benzene rings is 1. The van der Waals surface area contributed by atoms with E-state index in [1.165, 1.54) is 11.3 Å². The monoisotopic (exact) mass is 360 g/mol. The first kappa shape index (κ1) is 18.3. The molecule has 1 aromatic carbocycles. The summed E-state index contributed by atoms with van der Waals surface area (Å²) in [5.41, 5.74) is 10.0. The van der Waals surface area contributed by atoms with Crippen molar-refractivity contribution in [1.29, 1.82) is 0 Å². The third-order valence-corrected chi connectivity index (χ3v) is 5.60. The Kier molecular flexibility index (Phi) is 5.74. The molecule has 0 aliphatic carbocycles. The zero-order chi connectivity index (χ0) is 17.9. The molecule has 3 rings (SSSR count). The molecule has 0 saturated carbocycles. The predicted octanol–water partition coefficient (Wildman–Crippen LogP) is 2.81. The third kappa shape index (κ3) is 4.39. The van der Waals surface area contributed by atoms with Crippen LogP contribution in [-0.4, -0.2) is 43.7 Å². The number of ether oxygens (including phenoxy) is 1. The van der Waals surface area contributed by atoms with Gasteiger partial charge in [0.15, 0.2) is 0 Å². The quantitative estimate of drug-likeness (QED) is 0.823. The Labute approximate surface area is 154 Å². The van der Waals surface area contributed by atoms with Gasteiger partial charge in [-0.2, -0.15) is 0 Å². The highest BCUT2D eigenvalue weighted by Gasteiger charge is 2.36. The highest BCUT2D eigenvalue weighted by Crippen LogP contribution is 2.32. The van der Waals surface area contributed by atoms with Gasteiger partial charge in [-0.25, -0.2) is 4.98 Å². The van der Waals surface area contributed by atoms with Crippen LogP contribution in [0, 0.1) is 0 Å². The van der Waals surface area contributed by atoms with E-state index in [4.69, 9.17) is 10.5 Å². The molecule has 1 saturated heterocycles. The minimum Gasteiger partial charge on any atom is -0.378 e. The largest absolute Gasteiger partial charge is 0.378 e. The lowest BCUT2D eigenvalue weighted by Gasteiger charge is -2.26. The molecule has 2 N–H and O–H groups in total. The molecule has 0 amide bonds. The van der Waals surface area contributed by atoms with Gasteiger partial charge in [0.1, 0.15) is 5.01 Å². The highest BCUT2D eigenvalue weighted by molar-refractivity contribution is 7.09. The molecule has 0 radical (unpaired) electrons. The molecule has 1 aliphatic heterocycles. The molecule has 0 bridgehead atoms. The summed E-state index contributed by atoms with van der Waals surface area (Å²) in [5.74, 6) is 0. The molecule has 0 spiro atoms. The number of nitrogens with zero attached hydrogens (tertiary/aromatic N) is 3. The second-order valence-electron chi connectivity index (χ2n) is 6.93. The Bertz CT molecular complexity index is 702. The van der Waals surface area contributed by atoms with Crippen LogP contribution in [0.15, 0.2) is 29.6 Å². The summed E-state index contributed by atoms with van der Waals surface area (Å²) in [4.78, 5) is 9.20. The molecular weight excluding hydrogens is 332 g/mol. The summed E-state index contributed by atoms with van der Waals surface area (Å²) in [6.07, 6.45) is 0.972. The molecule has 1 fully saturated rings. The molecule has 1 aromatic heterocycles. The molecule has 1 atom stereocenters. The van der Waals surface area contributed by atoms with E-state index in [1.807, 2.05) is 6.92 Å². The van der Waals surface area contributed by atoms with Gasteiger partial charge in [0, 0.05) is 51.4 Å². The molecule has 6 heteroatoms. The number of aromatic nitrogens is 1. The van der Waals surface area contributed by atoms with E-state index in [1.54, 1.807) is 11.3 Å². The fourth-order valence-electron chi connectivity index (χ4n) is 3.29. The predicted molar refractivity (Wildman–Crippen MR) is 104 cm³/mol. The van der Waals surface area contributed by atoms with Crippen molar-refractivity contribution in [2.75, 3.05) is 38.7 Å². The van der Waals surface area contributed by atoms with E-state index in [0.717, 1.165) is 43.4 Å². The third-order valence-electron chi connectivity index (χ3n) is 4.73. The van der Waals surface area contributed by atoms with Gasteiger partial charge in [0.25, 0.3) is 0 Å². The second kappa shape index (κ2) is 7.83. The molecule has 136 valence electrons.